The third-order valence-electron chi connectivity index (χ3n) is 7.11. The summed E-state index contributed by atoms with van der Waals surface area (Å²) in [7, 11) is 0. The Morgan fingerprint density at radius 3 is 1.48 bits per heavy atom. The van der Waals surface area contributed by atoms with Crippen LogP contribution < -0.4 is 0 Å². The van der Waals surface area contributed by atoms with Crippen molar-refractivity contribution in [3.63, 3.8) is 0 Å². The van der Waals surface area contributed by atoms with Gasteiger partial charge >= 0.3 is 0 Å². The second-order valence-electron chi connectivity index (χ2n) is 9.67. The van der Waals surface area contributed by atoms with Crippen LogP contribution in [-0.2, 0) is 5.41 Å². The summed E-state index contributed by atoms with van der Waals surface area (Å²) in [5, 5.41) is -1.38. The summed E-state index contributed by atoms with van der Waals surface area (Å²) in [6.45, 7) is -11.8. The topological polar surface area (TPSA) is 9.86 Å². The maximum atomic E-state index is 9.40. The zero-order valence-corrected chi connectivity index (χ0v) is 21.5. The monoisotopic (exact) mass is 564 g/mol. The van der Waals surface area contributed by atoms with Crippen LogP contribution in [0.3, 0.4) is 0 Å². The van der Waals surface area contributed by atoms with E-state index in [1.807, 2.05) is 0 Å². The van der Waals surface area contributed by atoms with Gasteiger partial charge in [0.15, 0.2) is 0 Å². The molecule has 0 unspecified atom stereocenters. The van der Waals surface area contributed by atoms with Gasteiger partial charge in [-0.2, -0.15) is 0 Å². The zero-order chi connectivity index (χ0) is 49.0. The molecule has 8 aromatic rings. The summed E-state index contributed by atoms with van der Waals surface area (Å²) in [6, 6.07) is 1.30. The summed E-state index contributed by atoms with van der Waals surface area (Å²) in [4.78, 5) is 0. The highest BCUT2D eigenvalue weighted by molar-refractivity contribution is 6.10. The van der Waals surface area contributed by atoms with Crippen LogP contribution in [0.1, 0.15) is 59.0 Å². The molecule has 202 valence electrons. The van der Waals surface area contributed by atoms with Crippen LogP contribution in [0, 0.1) is 0 Å². The van der Waals surface area contributed by atoms with Crippen molar-refractivity contribution in [1.29, 1.82) is 0 Å². The normalized spacial score (nSPS) is 21.2. The molecule has 0 aliphatic rings. The van der Waals surface area contributed by atoms with E-state index in [1.54, 1.807) is 30.3 Å². The smallest absolute Gasteiger partial charge is 0.0645 e. The molecule has 2 heteroatoms. The molecule has 0 N–H and O–H groups in total. The van der Waals surface area contributed by atoms with Crippen molar-refractivity contribution in [3.05, 3.63) is 145 Å². The fraction of sp³-hybridized carbons (Fsp3) is 0.100. The van der Waals surface area contributed by atoms with Gasteiger partial charge in [0.2, 0.25) is 0 Å². The van der Waals surface area contributed by atoms with Crippen LogP contribution in [0.15, 0.2) is 139 Å². The van der Waals surface area contributed by atoms with Gasteiger partial charge in [-0.1, -0.05) is 105 Å². The number of hydrogen-bond donors (Lipinski definition) is 0. The van der Waals surface area contributed by atoms with Crippen molar-refractivity contribution in [3.8, 4) is 22.5 Å². The van der Waals surface area contributed by atoms with Gasteiger partial charge in [-0.15, -0.1) is 0 Å². The Balaban J connectivity index is 1.47. The lowest BCUT2D eigenvalue weighted by molar-refractivity contribution is 0.591. The van der Waals surface area contributed by atoms with Crippen molar-refractivity contribution >= 4 is 43.6 Å². The lowest BCUT2D eigenvalue weighted by Gasteiger charge is -2.19. The number of rotatable bonds is 3. The molecule has 2 aromatic heterocycles. The van der Waals surface area contributed by atoms with E-state index in [4.69, 9.17) is 30.2 Å². The molecule has 0 aliphatic carbocycles. The summed E-state index contributed by atoms with van der Waals surface area (Å²) in [6.07, 6.45) is 0. The number of hydrogen-bond acceptors (Lipinski definition) is 0. The van der Waals surface area contributed by atoms with Crippen LogP contribution in [0.25, 0.3) is 66.1 Å². The first-order chi connectivity index (χ1) is 30.5. The van der Waals surface area contributed by atoms with Crippen LogP contribution in [0.5, 0.6) is 0 Å². The number of nitrogens with zero attached hydrogens (tertiary/aromatic N) is 2. The number of benzene rings is 6. The predicted molar refractivity (Wildman–Crippen MR) is 179 cm³/mol. The fourth-order valence-corrected chi connectivity index (χ4v) is 5.29. The number of aromatic nitrogens is 2. The van der Waals surface area contributed by atoms with Gasteiger partial charge < -0.3 is 9.13 Å². The first kappa shape index (κ1) is 10.3. The summed E-state index contributed by atoms with van der Waals surface area (Å²) in [5.74, 6) is 0. The SMILES string of the molecule is [2H]c1c([2H])c([2H])c2c(c1[2H])c1c([2H])c([2H])c([2H])c([2H])c1n2-c1cccc(-c2cccc(-n3c4c([2H])c([2H])c([2H])c([2H])c4c4c([2H])c(C(C([2H])([2H])[2H])(C([2H])([2H])[2H])C([2H])([2H])[2H])c([2H])c([2H])c43)c2)c1. The van der Waals surface area contributed by atoms with Crippen LogP contribution >= 0.6 is 0 Å². The molecular weight excluding hydrogens is 508 g/mol. The van der Waals surface area contributed by atoms with E-state index in [2.05, 4.69) is 0 Å². The second-order valence-corrected chi connectivity index (χ2v) is 9.67. The molecule has 0 spiro atoms. The van der Waals surface area contributed by atoms with Gasteiger partial charge in [0.05, 0.1) is 42.6 Å². The minimum atomic E-state index is -3.95. The Kier molecular flexibility index (Phi) is 2.27. The Morgan fingerprint density at radius 1 is 0.524 bits per heavy atom. The van der Waals surface area contributed by atoms with Gasteiger partial charge in [0.1, 0.15) is 0 Å². The highest BCUT2D eigenvalue weighted by atomic mass is 15.0. The molecule has 0 bridgehead atoms. The highest BCUT2D eigenvalue weighted by Crippen LogP contribution is 2.37. The molecule has 8 rings (SSSR count). The molecule has 42 heavy (non-hydrogen) atoms. The molecule has 0 saturated heterocycles. The van der Waals surface area contributed by atoms with Crippen LogP contribution in [0.4, 0.5) is 0 Å². The Labute approximate surface area is 279 Å². The Morgan fingerprint density at radius 2 is 0.976 bits per heavy atom. The van der Waals surface area contributed by atoms with Crippen molar-refractivity contribution < 1.29 is 32.9 Å². The summed E-state index contributed by atoms with van der Waals surface area (Å²) in [5.41, 5.74) is -5.42. The minimum absolute atomic E-state index is 0.0387. The molecule has 6 aromatic carbocycles. The van der Waals surface area contributed by atoms with Crippen molar-refractivity contribution in [2.45, 2.75) is 26.0 Å². The number of para-hydroxylation sites is 3. The fourth-order valence-electron chi connectivity index (χ4n) is 5.29. The molecule has 0 aliphatic heterocycles. The van der Waals surface area contributed by atoms with E-state index in [0.29, 0.717) is 11.1 Å². The molecular formula is C40H32N2. The van der Waals surface area contributed by atoms with E-state index in [-0.39, 0.29) is 38.7 Å². The zero-order valence-electron chi connectivity index (χ0n) is 45.5. The van der Waals surface area contributed by atoms with E-state index in [0.717, 1.165) is 4.57 Å². The van der Waals surface area contributed by atoms with Gasteiger partial charge in [0, 0.05) is 45.3 Å². The van der Waals surface area contributed by atoms with E-state index in [9.17, 15) is 2.74 Å². The van der Waals surface area contributed by atoms with Gasteiger partial charge in [0.25, 0.3) is 0 Å². The van der Waals surface area contributed by atoms with Crippen LogP contribution in [-0.4, -0.2) is 9.13 Å². The van der Waals surface area contributed by atoms with E-state index < -0.39 is 138 Å². The van der Waals surface area contributed by atoms with Gasteiger partial charge in [-0.25, -0.2) is 0 Å². The summed E-state index contributed by atoms with van der Waals surface area (Å²) >= 11 is 0. The lowest BCUT2D eigenvalue weighted by atomic mass is 9.86. The van der Waals surface area contributed by atoms with Crippen molar-refractivity contribution in [2.75, 3.05) is 0 Å². The average molecular weight is 565 g/mol. The maximum absolute atomic E-state index is 9.40. The average Bonchev–Trinajstić information content (AvgIpc) is 3.80. The van der Waals surface area contributed by atoms with Gasteiger partial charge in [-0.05, 0) is 76.6 Å². The molecule has 2 heterocycles. The Bertz CT molecular complexity index is 3330. The first-order valence-corrected chi connectivity index (χ1v) is 12.7. The van der Waals surface area contributed by atoms with Crippen molar-refractivity contribution in [2.24, 2.45) is 0 Å². The first-order valence-electron chi connectivity index (χ1n) is 24.7. The van der Waals surface area contributed by atoms with Crippen molar-refractivity contribution in [1.82, 2.24) is 9.13 Å². The highest BCUT2D eigenvalue weighted by Gasteiger charge is 2.18. The third-order valence-corrected chi connectivity index (χ3v) is 7.11. The molecule has 0 amide bonds. The van der Waals surface area contributed by atoms with E-state index in [1.165, 1.54) is 22.8 Å². The third kappa shape index (κ3) is 3.79. The van der Waals surface area contributed by atoms with Gasteiger partial charge in [-0.3, -0.25) is 0 Å². The quantitative estimate of drug-likeness (QED) is 0.202. The van der Waals surface area contributed by atoms with Crippen LogP contribution in [0.2, 0.25) is 0 Å². The Hall–Kier alpha value is -5.08. The van der Waals surface area contributed by atoms with E-state index >= 15 is 0 Å². The molecule has 2 nitrogen and oxygen atoms in total. The molecule has 0 saturated carbocycles. The second kappa shape index (κ2) is 9.22. The minimum Gasteiger partial charge on any atom is -0.309 e. The maximum Gasteiger partial charge on any atom is 0.0645 e. The standard InChI is InChI=1S/C40H32N2/c1-40(2,3)29-22-23-39-35(26-29)34-18-6-9-21-38(34)42(39)31-15-11-13-28(25-31)27-12-10-14-30(24-27)41-36-19-7-4-16-32(36)33-17-5-8-20-37(33)41/h4-26H,1-3H3/i1D3,2D3,3D3,4D,5D,6D,7D,8D,9D,16D,17D,18D,19D,20D,21D,22D,23D,26D. The molecule has 0 atom stereocenters. The molecule has 0 radical (unpaired) electrons. The lowest BCUT2D eigenvalue weighted by Crippen LogP contribution is -2.10. The predicted octanol–water partition coefficient (Wildman–Crippen LogP) is 10.8. The largest absolute Gasteiger partial charge is 0.309 e. The molecule has 0 fully saturated rings. The summed E-state index contributed by atoms with van der Waals surface area (Å²) < 4.78 is 209. The number of fused-ring (bicyclic) bond motifs is 6.